The molecule has 1 amide bonds. The maximum Gasteiger partial charge on any atom is 0.237 e. The van der Waals surface area contributed by atoms with Crippen LogP contribution in [0.5, 0.6) is 5.75 Å². The van der Waals surface area contributed by atoms with Crippen molar-refractivity contribution in [2.45, 2.75) is 31.3 Å². The number of nitriles is 1. The van der Waals surface area contributed by atoms with Crippen molar-refractivity contribution >= 4 is 22.5 Å². The molecule has 0 aliphatic carbocycles. The number of aromatic nitrogens is 1. The molecule has 4 rings (SSSR count). The number of methoxy groups -OCH3 is 1. The average Bonchev–Trinajstić information content (AvgIpc) is 3.37. The fraction of sp³-hybridized carbons (Fsp3) is 0.476. The molecule has 0 bridgehead atoms. The van der Waals surface area contributed by atoms with Crippen LogP contribution in [0.1, 0.15) is 19.3 Å². The van der Waals surface area contributed by atoms with Gasteiger partial charge in [0.25, 0.3) is 0 Å². The quantitative estimate of drug-likeness (QED) is 0.858. The minimum absolute atomic E-state index is 0.0730. The molecule has 7 nitrogen and oxygen atoms in total. The summed E-state index contributed by atoms with van der Waals surface area (Å²) in [5.41, 5.74) is 1.96. The van der Waals surface area contributed by atoms with E-state index in [9.17, 15) is 10.1 Å². The monoisotopic (exact) mass is 379 g/mol. The van der Waals surface area contributed by atoms with Crippen LogP contribution in [0.3, 0.4) is 0 Å². The minimum atomic E-state index is -0.248. The molecule has 0 spiro atoms. The lowest BCUT2D eigenvalue weighted by Crippen LogP contribution is -2.42. The summed E-state index contributed by atoms with van der Waals surface area (Å²) < 4.78 is 5.35. The average molecular weight is 379 g/mol. The van der Waals surface area contributed by atoms with Crippen LogP contribution in [0.25, 0.3) is 10.9 Å². The van der Waals surface area contributed by atoms with Gasteiger partial charge < -0.3 is 15.0 Å². The lowest BCUT2D eigenvalue weighted by molar-refractivity contribution is -0.132. The van der Waals surface area contributed by atoms with Crippen molar-refractivity contribution in [1.82, 2.24) is 14.8 Å². The van der Waals surface area contributed by atoms with E-state index >= 15 is 0 Å². The Morgan fingerprint density at radius 1 is 1.36 bits per heavy atom. The molecular formula is C21H25N5O2. The summed E-state index contributed by atoms with van der Waals surface area (Å²) in [5.74, 6) is 0.878. The maximum atomic E-state index is 12.6. The molecule has 2 atom stereocenters. The number of pyridine rings is 1. The number of nitrogens with one attached hydrogen (secondary N) is 1. The van der Waals surface area contributed by atoms with Crippen LogP contribution in [0.2, 0.25) is 0 Å². The van der Waals surface area contributed by atoms with E-state index in [1.807, 2.05) is 30.5 Å². The van der Waals surface area contributed by atoms with Crippen molar-refractivity contribution in [3.05, 3.63) is 30.5 Å². The predicted octanol–water partition coefficient (Wildman–Crippen LogP) is 2.24. The summed E-state index contributed by atoms with van der Waals surface area (Å²) in [6.07, 6.45) is 4.50. The molecule has 2 fully saturated rings. The standard InChI is InChI=1S/C21H25N5O2/c1-28-17-4-5-19-18(11-17)20(6-8-23-19)24-15-7-10-25(13-15)14-21(27)26-9-2-3-16(26)12-22/h4-6,8,11,15-16H,2-3,7,9-10,13-14H2,1H3,(H,23,24)/t15-,16?/m1/s1. The molecule has 0 saturated carbocycles. The Hall–Kier alpha value is -2.85. The molecule has 1 N–H and O–H groups in total. The SMILES string of the molecule is COc1ccc2nccc(N[C@@H]3CCN(CC(=O)N4CCCC4C#N)C3)c2c1. The number of amides is 1. The minimum Gasteiger partial charge on any atom is -0.497 e. The zero-order chi connectivity index (χ0) is 19.5. The third-order valence-corrected chi connectivity index (χ3v) is 5.66. The van der Waals surface area contributed by atoms with Crippen LogP contribution < -0.4 is 10.1 Å². The second kappa shape index (κ2) is 8.03. The molecule has 2 aliphatic heterocycles. The van der Waals surface area contributed by atoms with E-state index in [-0.39, 0.29) is 18.0 Å². The van der Waals surface area contributed by atoms with Crippen molar-refractivity contribution in [3.63, 3.8) is 0 Å². The van der Waals surface area contributed by atoms with Crippen molar-refractivity contribution < 1.29 is 9.53 Å². The number of ether oxygens (including phenoxy) is 1. The van der Waals surface area contributed by atoms with Gasteiger partial charge in [0.1, 0.15) is 11.8 Å². The molecule has 2 saturated heterocycles. The number of hydrogen-bond acceptors (Lipinski definition) is 6. The fourth-order valence-electron chi connectivity index (χ4n) is 4.17. The molecule has 2 aromatic rings. The van der Waals surface area contributed by atoms with E-state index < -0.39 is 0 Å². The number of anilines is 1. The van der Waals surface area contributed by atoms with E-state index in [0.29, 0.717) is 13.1 Å². The molecule has 1 unspecified atom stereocenters. The first kappa shape index (κ1) is 18.5. The number of carbonyl (C=O) groups is 1. The van der Waals surface area contributed by atoms with Gasteiger partial charge in [-0.25, -0.2) is 0 Å². The van der Waals surface area contributed by atoms with Crippen molar-refractivity contribution in [2.24, 2.45) is 0 Å². The van der Waals surface area contributed by atoms with Gasteiger partial charge in [0, 0.05) is 42.9 Å². The summed E-state index contributed by atoms with van der Waals surface area (Å²) in [5, 5.41) is 13.8. The third-order valence-electron chi connectivity index (χ3n) is 5.66. The Labute approximate surface area is 164 Å². The molecule has 7 heteroatoms. The lowest BCUT2D eigenvalue weighted by atomic mass is 10.1. The Morgan fingerprint density at radius 2 is 2.25 bits per heavy atom. The highest BCUT2D eigenvalue weighted by atomic mass is 16.5. The molecule has 1 aromatic heterocycles. The van der Waals surface area contributed by atoms with Crippen molar-refractivity contribution in [2.75, 3.05) is 38.6 Å². The highest BCUT2D eigenvalue weighted by Gasteiger charge is 2.31. The highest BCUT2D eigenvalue weighted by Crippen LogP contribution is 2.27. The Kier molecular flexibility index (Phi) is 5.31. The topological polar surface area (TPSA) is 81.5 Å². The predicted molar refractivity (Wildman–Crippen MR) is 107 cm³/mol. The summed E-state index contributed by atoms with van der Waals surface area (Å²) in [4.78, 5) is 20.9. The van der Waals surface area contributed by atoms with Crippen molar-refractivity contribution in [1.29, 1.82) is 5.26 Å². The number of hydrogen-bond donors (Lipinski definition) is 1. The number of nitrogens with zero attached hydrogens (tertiary/aromatic N) is 4. The number of fused-ring (bicyclic) bond motifs is 1. The molecule has 28 heavy (non-hydrogen) atoms. The number of carbonyl (C=O) groups excluding carboxylic acids is 1. The largest absolute Gasteiger partial charge is 0.497 e. The van der Waals surface area contributed by atoms with E-state index in [1.54, 1.807) is 12.0 Å². The van der Waals surface area contributed by atoms with Crippen LogP contribution in [0.15, 0.2) is 30.5 Å². The van der Waals surface area contributed by atoms with Gasteiger partial charge in [-0.1, -0.05) is 0 Å². The van der Waals surface area contributed by atoms with Crippen LogP contribution >= 0.6 is 0 Å². The number of rotatable bonds is 5. The Morgan fingerprint density at radius 3 is 3.07 bits per heavy atom. The zero-order valence-electron chi connectivity index (χ0n) is 16.1. The van der Waals surface area contributed by atoms with Gasteiger partial charge in [-0.15, -0.1) is 0 Å². The van der Waals surface area contributed by atoms with E-state index in [2.05, 4.69) is 21.3 Å². The summed E-state index contributed by atoms with van der Waals surface area (Å²) in [7, 11) is 1.66. The number of benzene rings is 1. The van der Waals surface area contributed by atoms with Crippen LogP contribution in [-0.4, -0.2) is 66.1 Å². The Balaban J connectivity index is 1.39. The molecular weight excluding hydrogens is 354 g/mol. The molecule has 2 aliphatic rings. The first-order valence-corrected chi connectivity index (χ1v) is 9.78. The smallest absolute Gasteiger partial charge is 0.237 e. The first-order valence-electron chi connectivity index (χ1n) is 9.78. The summed E-state index contributed by atoms with van der Waals surface area (Å²) in [6.45, 7) is 2.78. The number of likely N-dealkylation sites (tertiary alicyclic amines) is 2. The maximum absolute atomic E-state index is 12.6. The third kappa shape index (κ3) is 3.73. The van der Waals surface area contributed by atoms with E-state index in [1.165, 1.54) is 0 Å². The summed E-state index contributed by atoms with van der Waals surface area (Å²) >= 11 is 0. The van der Waals surface area contributed by atoms with Gasteiger partial charge in [-0.3, -0.25) is 14.7 Å². The second-order valence-corrected chi connectivity index (χ2v) is 7.48. The van der Waals surface area contributed by atoms with Crippen LogP contribution in [-0.2, 0) is 4.79 Å². The normalized spacial score (nSPS) is 22.4. The molecule has 3 heterocycles. The van der Waals surface area contributed by atoms with Crippen LogP contribution in [0, 0.1) is 11.3 Å². The van der Waals surface area contributed by atoms with Crippen LogP contribution in [0.4, 0.5) is 5.69 Å². The molecule has 0 radical (unpaired) electrons. The molecule has 1 aromatic carbocycles. The van der Waals surface area contributed by atoms with Gasteiger partial charge in [-0.05, 0) is 43.5 Å². The second-order valence-electron chi connectivity index (χ2n) is 7.48. The first-order chi connectivity index (χ1) is 13.7. The molecule has 146 valence electrons. The Bertz CT molecular complexity index is 909. The highest BCUT2D eigenvalue weighted by molar-refractivity contribution is 5.92. The van der Waals surface area contributed by atoms with Gasteiger partial charge >= 0.3 is 0 Å². The van der Waals surface area contributed by atoms with Gasteiger partial charge in [0.15, 0.2) is 0 Å². The van der Waals surface area contributed by atoms with Crippen molar-refractivity contribution in [3.8, 4) is 11.8 Å². The fourth-order valence-corrected chi connectivity index (χ4v) is 4.17. The van der Waals surface area contributed by atoms with Gasteiger partial charge in [-0.2, -0.15) is 5.26 Å². The van der Waals surface area contributed by atoms with E-state index in [0.717, 1.165) is 54.7 Å². The summed E-state index contributed by atoms with van der Waals surface area (Å²) in [6, 6.07) is 10.1. The van der Waals surface area contributed by atoms with Gasteiger partial charge in [0.05, 0.1) is 25.2 Å². The van der Waals surface area contributed by atoms with E-state index in [4.69, 9.17) is 4.74 Å². The van der Waals surface area contributed by atoms with Gasteiger partial charge in [0.2, 0.25) is 5.91 Å². The zero-order valence-corrected chi connectivity index (χ0v) is 16.1. The lowest BCUT2D eigenvalue weighted by Gasteiger charge is -2.23.